The lowest BCUT2D eigenvalue weighted by Gasteiger charge is -2.27. The summed E-state index contributed by atoms with van der Waals surface area (Å²) >= 11 is 0. The molecule has 4 aliphatic carbocycles. The van der Waals surface area contributed by atoms with Crippen molar-refractivity contribution in [2.45, 2.75) is 71.6 Å². The highest BCUT2D eigenvalue weighted by molar-refractivity contribution is 5.62. The van der Waals surface area contributed by atoms with Crippen LogP contribution in [0.4, 0.5) is 0 Å². The molecule has 0 nitrogen and oxygen atoms in total. The molecule has 0 aromatic heterocycles. The second kappa shape index (κ2) is 5.89. The van der Waals surface area contributed by atoms with Crippen molar-refractivity contribution in [2.75, 3.05) is 0 Å². The predicted octanol–water partition coefficient (Wildman–Crippen LogP) is 5.60. The largest absolute Gasteiger partial charge is 0.0579 e. The molecule has 0 bridgehead atoms. The maximum absolute atomic E-state index is 2.52. The maximum atomic E-state index is 2.52. The molecule has 4 rings (SSSR count). The van der Waals surface area contributed by atoms with Gasteiger partial charge in [-0.3, -0.25) is 0 Å². The molecule has 0 amide bonds. The first-order valence-electron chi connectivity index (χ1n) is 8.78. The molecule has 0 N–H and O–H groups in total. The first kappa shape index (κ1) is 14.6. The second-order valence-electron chi connectivity index (χ2n) is 7.19. The average molecular weight is 278 g/mol. The molecule has 0 heterocycles. The van der Waals surface area contributed by atoms with Crippen LogP contribution in [0.5, 0.6) is 0 Å². The van der Waals surface area contributed by atoms with E-state index in [1.165, 1.54) is 51.4 Å². The lowest BCUT2D eigenvalue weighted by Crippen LogP contribution is -2.15. The number of hydrogen-bond donors (Lipinski definition) is 0. The molecule has 110 valence electrons. The van der Waals surface area contributed by atoms with Crippen molar-refractivity contribution in [2.24, 2.45) is 0 Å². The summed E-state index contributed by atoms with van der Waals surface area (Å²) in [5.74, 6) is 13.1. The smallest absolute Gasteiger partial charge is 0.00996 e. The quantitative estimate of drug-likeness (QED) is 0.617. The summed E-state index contributed by atoms with van der Waals surface area (Å²) in [6.45, 7) is 4.72. The van der Waals surface area contributed by atoms with Gasteiger partial charge in [-0.2, -0.15) is 0 Å². The number of rotatable bonds is 2. The van der Waals surface area contributed by atoms with E-state index in [-0.39, 0.29) is 0 Å². The highest BCUT2D eigenvalue weighted by atomic mass is 14.5. The van der Waals surface area contributed by atoms with Gasteiger partial charge in [0.05, 0.1) is 0 Å². The molecule has 0 spiro atoms. The molecule has 0 aliphatic heterocycles. The fraction of sp³-hybridized carbons (Fsp3) is 0.524. The van der Waals surface area contributed by atoms with E-state index < -0.39 is 0 Å². The number of fused-ring (bicyclic) bond motifs is 2. The van der Waals surface area contributed by atoms with E-state index in [0.717, 1.165) is 6.42 Å². The molecule has 4 saturated carbocycles. The van der Waals surface area contributed by atoms with Crippen LogP contribution in [0.3, 0.4) is 0 Å². The van der Waals surface area contributed by atoms with E-state index in [9.17, 15) is 0 Å². The first-order chi connectivity index (χ1) is 10.2. The van der Waals surface area contributed by atoms with Crippen LogP contribution in [0.1, 0.15) is 71.6 Å². The standard InChI is InChI=1S/C21H26/c1-14-18(11-16-7-3-5-9-20(14)16)13-19-12-17-8-4-6-10-21(17)15(19)2/h11-12H,3-10,13H2,1-2H3. The van der Waals surface area contributed by atoms with Crippen molar-refractivity contribution >= 4 is 0 Å². The SMILES string of the molecule is C[C]1[C](C[C]2[CH][C]3CCCC[C]3[C]2C)[CH][C]2CCCC[C]21. The van der Waals surface area contributed by atoms with Crippen LogP contribution in [0.2, 0.25) is 0 Å². The molecule has 0 atom stereocenters. The normalized spacial score (nSPS) is 32.9. The van der Waals surface area contributed by atoms with Crippen LogP contribution in [-0.2, 0) is 0 Å². The number of hydrogen-bond acceptors (Lipinski definition) is 0. The Balaban J connectivity index is 1.40. The van der Waals surface area contributed by atoms with Gasteiger partial charge in [0.25, 0.3) is 0 Å². The van der Waals surface area contributed by atoms with Crippen molar-refractivity contribution < 1.29 is 0 Å². The van der Waals surface area contributed by atoms with Gasteiger partial charge >= 0.3 is 0 Å². The average Bonchev–Trinajstić information content (AvgIpc) is 2.99. The van der Waals surface area contributed by atoms with Gasteiger partial charge in [0.2, 0.25) is 0 Å². The molecular formula is C21H26. The van der Waals surface area contributed by atoms with Gasteiger partial charge in [-0.25, -0.2) is 0 Å². The third-order valence-electron chi connectivity index (χ3n) is 5.97. The van der Waals surface area contributed by atoms with E-state index in [0.29, 0.717) is 0 Å². The molecule has 10 radical (unpaired) electrons. The highest BCUT2D eigenvalue weighted by Gasteiger charge is 2.48. The highest BCUT2D eigenvalue weighted by Crippen LogP contribution is 2.60. The molecule has 0 heteroatoms. The van der Waals surface area contributed by atoms with E-state index in [4.69, 9.17) is 0 Å². The summed E-state index contributed by atoms with van der Waals surface area (Å²) in [4.78, 5) is 0. The van der Waals surface area contributed by atoms with Gasteiger partial charge in [-0.05, 0) is 92.3 Å². The maximum Gasteiger partial charge on any atom is -0.00996 e. The van der Waals surface area contributed by atoms with E-state index in [2.05, 4.69) is 26.7 Å². The summed E-state index contributed by atoms with van der Waals surface area (Å²) in [6, 6.07) is 0. The van der Waals surface area contributed by atoms with E-state index in [1.54, 1.807) is 47.3 Å². The molecule has 21 heavy (non-hydrogen) atoms. The zero-order valence-electron chi connectivity index (χ0n) is 13.5. The Morgan fingerprint density at radius 3 is 1.52 bits per heavy atom. The lowest BCUT2D eigenvalue weighted by atomic mass is 9.76. The van der Waals surface area contributed by atoms with Crippen molar-refractivity contribution in [1.82, 2.24) is 0 Å². The molecular weight excluding hydrogens is 252 g/mol. The Kier molecular flexibility index (Phi) is 4.09. The van der Waals surface area contributed by atoms with Crippen LogP contribution in [-0.4, -0.2) is 0 Å². The molecule has 4 aliphatic rings. The van der Waals surface area contributed by atoms with Crippen LogP contribution < -0.4 is 0 Å². The topological polar surface area (TPSA) is 0 Å². The molecule has 0 aromatic rings. The Labute approximate surface area is 132 Å². The summed E-state index contributed by atoms with van der Waals surface area (Å²) in [5.41, 5.74) is 0. The van der Waals surface area contributed by atoms with Crippen LogP contribution in [0.25, 0.3) is 0 Å². The van der Waals surface area contributed by atoms with Gasteiger partial charge in [0, 0.05) is 0 Å². The fourth-order valence-corrected chi connectivity index (χ4v) is 4.63. The van der Waals surface area contributed by atoms with E-state index >= 15 is 0 Å². The zero-order chi connectivity index (χ0) is 14.4. The monoisotopic (exact) mass is 278 g/mol. The molecule has 0 saturated heterocycles. The Morgan fingerprint density at radius 1 is 0.667 bits per heavy atom. The van der Waals surface area contributed by atoms with Crippen molar-refractivity contribution in [1.29, 1.82) is 0 Å². The third kappa shape index (κ3) is 2.59. The predicted molar refractivity (Wildman–Crippen MR) is 87.4 cm³/mol. The third-order valence-corrected chi connectivity index (χ3v) is 5.97. The minimum Gasteiger partial charge on any atom is -0.0579 e. The fourth-order valence-electron chi connectivity index (χ4n) is 4.63. The Morgan fingerprint density at radius 2 is 1.10 bits per heavy atom. The summed E-state index contributed by atoms with van der Waals surface area (Å²) in [6.07, 6.45) is 17.0. The molecule has 4 fully saturated rings. The zero-order valence-corrected chi connectivity index (χ0v) is 13.5. The van der Waals surface area contributed by atoms with E-state index in [1.807, 2.05) is 0 Å². The lowest BCUT2D eigenvalue weighted by molar-refractivity contribution is 0.590. The Hall–Kier alpha value is 0. The van der Waals surface area contributed by atoms with Crippen molar-refractivity contribution in [3.63, 3.8) is 0 Å². The van der Waals surface area contributed by atoms with Gasteiger partial charge in [-0.1, -0.05) is 39.5 Å². The minimum absolute atomic E-state index is 1.16. The second-order valence-corrected chi connectivity index (χ2v) is 7.19. The van der Waals surface area contributed by atoms with Gasteiger partial charge in [0.1, 0.15) is 0 Å². The van der Waals surface area contributed by atoms with Gasteiger partial charge in [-0.15, -0.1) is 0 Å². The van der Waals surface area contributed by atoms with Gasteiger partial charge < -0.3 is 0 Å². The summed E-state index contributed by atoms with van der Waals surface area (Å²) in [5, 5.41) is 0. The summed E-state index contributed by atoms with van der Waals surface area (Å²) in [7, 11) is 0. The molecule has 0 unspecified atom stereocenters. The van der Waals surface area contributed by atoms with Crippen LogP contribution in [0.15, 0.2) is 0 Å². The Bertz CT molecular complexity index is 325. The van der Waals surface area contributed by atoms with Gasteiger partial charge in [0.15, 0.2) is 0 Å². The van der Waals surface area contributed by atoms with Crippen LogP contribution >= 0.6 is 0 Å². The first-order valence-corrected chi connectivity index (χ1v) is 8.78. The summed E-state index contributed by atoms with van der Waals surface area (Å²) < 4.78 is 0. The van der Waals surface area contributed by atoms with Crippen molar-refractivity contribution in [3.05, 3.63) is 60.2 Å². The van der Waals surface area contributed by atoms with Crippen molar-refractivity contribution in [3.8, 4) is 0 Å². The molecule has 0 aromatic carbocycles. The van der Waals surface area contributed by atoms with Crippen LogP contribution in [0, 0.1) is 60.2 Å². The minimum atomic E-state index is 1.16.